The van der Waals surface area contributed by atoms with Crippen molar-refractivity contribution >= 4 is 0 Å². The van der Waals surface area contributed by atoms with Gasteiger partial charge in [0.15, 0.2) is 0 Å². The van der Waals surface area contributed by atoms with Crippen LogP contribution in [0, 0.1) is 5.92 Å². The van der Waals surface area contributed by atoms with E-state index in [1.807, 2.05) is 12.4 Å². The molecule has 1 N–H and O–H groups in total. The minimum absolute atomic E-state index is 0.398. The summed E-state index contributed by atoms with van der Waals surface area (Å²) in [4.78, 5) is 6.52. The van der Waals surface area contributed by atoms with Gasteiger partial charge in [0, 0.05) is 31.0 Å². The summed E-state index contributed by atoms with van der Waals surface area (Å²) in [7, 11) is 2.23. The smallest absolute Gasteiger partial charge is 0.0295 e. The Balaban J connectivity index is 1.88. The average Bonchev–Trinajstić information content (AvgIpc) is 2.39. The average molecular weight is 247 g/mol. The monoisotopic (exact) mass is 247 g/mol. The lowest BCUT2D eigenvalue weighted by atomic mass is 9.91. The number of pyridine rings is 1. The van der Waals surface area contributed by atoms with Gasteiger partial charge in [-0.3, -0.25) is 4.98 Å². The summed E-state index contributed by atoms with van der Waals surface area (Å²) in [5, 5.41) is 3.73. The number of nitrogens with one attached hydrogen (secondary N) is 1. The van der Waals surface area contributed by atoms with Gasteiger partial charge in [-0.1, -0.05) is 0 Å². The standard InChI is InChI=1S/C15H25N3/c1-12(14-6-8-16-9-7-14)17-13(2)15-5-4-10-18(3)11-15/h6-9,12-13,15,17H,4-5,10-11H2,1-3H3/t12-,13?,15?/m1/s1. The molecule has 1 fully saturated rings. The first-order chi connectivity index (χ1) is 8.66. The maximum absolute atomic E-state index is 4.07. The molecule has 1 aliphatic heterocycles. The molecule has 3 atom stereocenters. The van der Waals surface area contributed by atoms with Crippen LogP contribution in [0.25, 0.3) is 0 Å². The van der Waals surface area contributed by atoms with Crippen LogP contribution in [0.2, 0.25) is 0 Å². The van der Waals surface area contributed by atoms with Gasteiger partial charge in [-0.25, -0.2) is 0 Å². The van der Waals surface area contributed by atoms with Gasteiger partial charge in [-0.2, -0.15) is 0 Å². The van der Waals surface area contributed by atoms with Crippen LogP contribution in [-0.2, 0) is 0 Å². The van der Waals surface area contributed by atoms with Crippen LogP contribution in [0.4, 0.5) is 0 Å². The van der Waals surface area contributed by atoms with E-state index in [1.165, 1.54) is 31.5 Å². The minimum Gasteiger partial charge on any atom is -0.307 e. The maximum atomic E-state index is 4.07. The SMILES string of the molecule is CC(N[C@H](C)c1ccncc1)C1CCCN(C)C1. The van der Waals surface area contributed by atoms with Crippen molar-refractivity contribution in [2.75, 3.05) is 20.1 Å². The van der Waals surface area contributed by atoms with E-state index in [4.69, 9.17) is 0 Å². The molecule has 100 valence electrons. The van der Waals surface area contributed by atoms with Gasteiger partial charge >= 0.3 is 0 Å². The Bertz CT molecular complexity index is 352. The summed E-state index contributed by atoms with van der Waals surface area (Å²) in [5.41, 5.74) is 1.32. The molecule has 1 aromatic rings. The van der Waals surface area contributed by atoms with Crippen molar-refractivity contribution in [3.63, 3.8) is 0 Å². The topological polar surface area (TPSA) is 28.2 Å². The first-order valence-corrected chi connectivity index (χ1v) is 7.01. The fourth-order valence-electron chi connectivity index (χ4n) is 2.89. The molecule has 0 saturated carbocycles. The number of nitrogens with zero attached hydrogens (tertiary/aromatic N) is 2. The molecule has 0 amide bonds. The van der Waals surface area contributed by atoms with Crippen molar-refractivity contribution < 1.29 is 0 Å². The second-order valence-electron chi connectivity index (χ2n) is 5.62. The molecule has 3 nitrogen and oxygen atoms in total. The highest BCUT2D eigenvalue weighted by atomic mass is 15.1. The molecule has 0 bridgehead atoms. The zero-order valence-electron chi connectivity index (χ0n) is 11.8. The van der Waals surface area contributed by atoms with E-state index < -0.39 is 0 Å². The highest BCUT2D eigenvalue weighted by Gasteiger charge is 2.23. The lowest BCUT2D eigenvalue weighted by Gasteiger charge is -2.35. The van der Waals surface area contributed by atoms with E-state index in [1.54, 1.807) is 0 Å². The van der Waals surface area contributed by atoms with Crippen LogP contribution in [0.3, 0.4) is 0 Å². The van der Waals surface area contributed by atoms with E-state index in [2.05, 4.69) is 48.2 Å². The van der Waals surface area contributed by atoms with E-state index in [9.17, 15) is 0 Å². The van der Waals surface area contributed by atoms with E-state index in [-0.39, 0.29) is 0 Å². The van der Waals surface area contributed by atoms with Crippen molar-refractivity contribution in [1.82, 2.24) is 15.2 Å². The molecule has 2 rings (SSSR count). The molecule has 2 unspecified atom stereocenters. The summed E-state index contributed by atoms with van der Waals surface area (Å²) >= 11 is 0. The summed E-state index contributed by atoms with van der Waals surface area (Å²) in [5.74, 6) is 0.771. The number of rotatable bonds is 4. The van der Waals surface area contributed by atoms with Crippen LogP contribution in [0.15, 0.2) is 24.5 Å². The highest BCUT2D eigenvalue weighted by molar-refractivity contribution is 5.14. The third-order valence-electron chi connectivity index (χ3n) is 4.09. The second-order valence-corrected chi connectivity index (χ2v) is 5.62. The Kier molecular flexibility index (Phi) is 4.72. The molecule has 2 heterocycles. The fourth-order valence-corrected chi connectivity index (χ4v) is 2.89. The Morgan fingerprint density at radius 2 is 2.06 bits per heavy atom. The predicted molar refractivity (Wildman–Crippen MR) is 75.5 cm³/mol. The van der Waals surface area contributed by atoms with Crippen LogP contribution < -0.4 is 5.32 Å². The molecule has 0 aromatic carbocycles. The number of hydrogen-bond donors (Lipinski definition) is 1. The minimum atomic E-state index is 0.398. The molecular formula is C15H25N3. The second kappa shape index (κ2) is 6.30. The van der Waals surface area contributed by atoms with Gasteiger partial charge in [0.1, 0.15) is 0 Å². The molecule has 0 radical (unpaired) electrons. The van der Waals surface area contributed by atoms with Crippen LogP contribution in [-0.4, -0.2) is 36.1 Å². The van der Waals surface area contributed by atoms with Crippen molar-refractivity contribution in [1.29, 1.82) is 0 Å². The maximum Gasteiger partial charge on any atom is 0.0295 e. The van der Waals surface area contributed by atoms with Gasteiger partial charge in [-0.15, -0.1) is 0 Å². The highest BCUT2D eigenvalue weighted by Crippen LogP contribution is 2.21. The van der Waals surface area contributed by atoms with Gasteiger partial charge in [0.05, 0.1) is 0 Å². The van der Waals surface area contributed by atoms with Crippen molar-refractivity contribution in [3.05, 3.63) is 30.1 Å². The molecule has 18 heavy (non-hydrogen) atoms. The molecular weight excluding hydrogens is 222 g/mol. The quantitative estimate of drug-likeness (QED) is 0.886. The molecule has 1 aromatic heterocycles. The summed E-state index contributed by atoms with van der Waals surface area (Å²) in [6.45, 7) is 7.03. The third-order valence-corrected chi connectivity index (χ3v) is 4.09. The van der Waals surface area contributed by atoms with E-state index in [0.29, 0.717) is 12.1 Å². The van der Waals surface area contributed by atoms with E-state index >= 15 is 0 Å². The number of piperidine rings is 1. The number of aromatic nitrogens is 1. The summed E-state index contributed by atoms with van der Waals surface area (Å²) in [6, 6.07) is 5.15. The van der Waals surface area contributed by atoms with E-state index in [0.717, 1.165) is 5.92 Å². The molecule has 1 aliphatic rings. The Labute approximate surface area is 111 Å². The van der Waals surface area contributed by atoms with Crippen molar-refractivity contribution in [3.8, 4) is 0 Å². The molecule has 0 aliphatic carbocycles. The summed E-state index contributed by atoms with van der Waals surface area (Å²) in [6.07, 6.45) is 6.41. The van der Waals surface area contributed by atoms with Gasteiger partial charge < -0.3 is 10.2 Å². The largest absolute Gasteiger partial charge is 0.307 e. The first-order valence-electron chi connectivity index (χ1n) is 7.01. The van der Waals surface area contributed by atoms with Crippen molar-refractivity contribution in [2.24, 2.45) is 5.92 Å². The third kappa shape index (κ3) is 3.53. The Hall–Kier alpha value is -0.930. The molecule has 1 saturated heterocycles. The van der Waals surface area contributed by atoms with Crippen molar-refractivity contribution in [2.45, 2.75) is 38.8 Å². The lowest BCUT2D eigenvalue weighted by Crippen LogP contribution is -2.43. The number of hydrogen-bond acceptors (Lipinski definition) is 3. The van der Waals surface area contributed by atoms with Gasteiger partial charge in [0.2, 0.25) is 0 Å². The predicted octanol–water partition coefficient (Wildman–Crippen LogP) is 2.46. The summed E-state index contributed by atoms with van der Waals surface area (Å²) < 4.78 is 0. The van der Waals surface area contributed by atoms with Gasteiger partial charge in [0.25, 0.3) is 0 Å². The first kappa shape index (κ1) is 13.5. The van der Waals surface area contributed by atoms with Crippen LogP contribution in [0.5, 0.6) is 0 Å². The van der Waals surface area contributed by atoms with Crippen LogP contribution >= 0.6 is 0 Å². The molecule has 0 spiro atoms. The Morgan fingerprint density at radius 1 is 1.33 bits per heavy atom. The Morgan fingerprint density at radius 3 is 2.72 bits per heavy atom. The fraction of sp³-hybridized carbons (Fsp3) is 0.667. The zero-order valence-corrected chi connectivity index (χ0v) is 11.8. The van der Waals surface area contributed by atoms with Gasteiger partial charge in [-0.05, 0) is 63.9 Å². The van der Waals surface area contributed by atoms with Crippen LogP contribution in [0.1, 0.15) is 38.3 Å². The normalized spacial score (nSPS) is 24.7. The zero-order chi connectivity index (χ0) is 13.0. The lowest BCUT2D eigenvalue weighted by molar-refractivity contribution is 0.174. The molecule has 3 heteroatoms. The number of likely N-dealkylation sites (tertiary alicyclic amines) is 1.